The molecule has 0 N–H and O–H groups in total. The number of imide groups is 1. The van der Waals surface area contributed by atoms with E-state index >= 15 is 0 Å². The maximum Gasteiger partial charge on any atom is 0.234 e. The number of nitrogens with zero attached hydrogens (tertiary/aromatic N) is 1. The number of halogens is 1. The van der Waals surface area contributed by atoms with Gasteiger partial charge in [0.25, 0.3) is 0 Å². The largest absolute Gasteiger partial charge is 0.274 e. The monoisotopic (exact) mass is 243 g/mol. The Morgan fingerprint density at radius 1 is 1.23 bits per heavy atom. The lowest BCUT2D eigenvalue weighted by Crippen LogP contribution is -2.29. The first kappa shape index (κ1) is 8.94. The Hall–Kier alpha value is -0.640. The molecule has 13 heavy (non-hydrogen) atoms. The molecule has 2 aliphatic rings. The molecule has 2 rings (SSSR count). The molecule has 1 aliphatic carbocycles. The third kappa shape index (κ3) is 1.24. The molecule has 1 fully saturated rings. The number of allylic oxidation sites excluding steroid dienone is 2. The van der Waals surface area contributed by atoms with Crippen LogP contribution >= 0.6 is 15.9 Å². The van der Waals surface area contributed by atoms with Crippen molar-refractivity contribution >= 4 is 27.7 Å². The first-order chi connectivity index (χ1) is 6.25. The molecular formula is C9H10BrNO2. The molecule has 0 unspecified atom stereocenters. The van der Waals surface area contributed by atoms with Gasteiger partial charge in [-0.3, -0.25) is 14.5 Å². The highest BCUT2D eigenvalue weighted by Gasteiger charge is 2.46. The van der Waals surface area contributed by atoms with Crippen LogP contribution in [0.3, 0.4) is 0 Å². The average Bonchev–Trinajstić information content (AvgIpc) is 2.41. The van der Waals surface area contributed by atoms with Crippen molar-refractivity contribution in [3.63, 3.8) is 0 Å². The summed E-state index contributed by atoms with van der Waals surface area (Å²) in [6.45, 7) is 0. The predicted molar refractivity (Wildman–Crippen MR) is 51.0 cm³/mol. The molecule has 4 heteroatoms. The SMILES string of the molecule is O=C1[C@H]2CC=CC[C@H]2C(=O)N1CBr. The minimum absolute atomic E-state index is 0.0174. The summed E-state index contributed by atoms with van der Waals surface area (Å²) in [6.07, 6.45) is 5.42. The van der Waals surface area contributed by atoms with E-state index < -0.39 is 0 Å². The molecule has 0 saturated carbocycles. The molecule has 70 valence electrons. The Morgan fingerprint density at radius 2 is 1.69 bits per heavy atom. The third-order valence-electron chi connectivity index (χ3n) is 2.72. The lowest BCUT2D eigenvalue weighted by atomic mass is 9.85. The van der Waals surface area contributed by atoms with E-state index in [1.807, 2.05) is 12.2 Å². The van der Waals surface area contributed by atoms with Crippen molar-refractivity contribution in [3.8, 4) is 0 Å². The smallest absolute Gasteiger partial charge is 0.234 e. The van der Waals surface area contributed by atoms with E-state index in [1.54, 1.807) is 0 Å². The van der Waals surface area contributed by atoms with Crippen LogP contribution in [0.25, 0.3) is 0 Å². The van der Waals surface area contributed by atoms with Gasteiger partial charge in [-0.15, -0.1) is 0 Å². The molecule has 2 atom stereocenters. The Morgan fingerprint density at radius 3 is 2.08 bits per heavy atom. The fourth-order valence-electron chi connectivity index (χ4n) is 1.99. The zero-order chi connectivity index (χ0) is 9.42. The van der Waals surface area contributed by atoms with Gasteiger partial charge in [-0.25, -0.2) is 0 Å². The zero-order valence-electron chi connectivity index (χ0n) is 7.07. The molecule has 3 nitrogen and oxygen atoms in total. The Kier molecular flexibility index (Phi) is 2.24. The number of rotatable bonds is 1. The molecule has 2 amide bonds. The molecule has 0 bridgehead atoms. The highest BCUT2D eigenvalue weighted by Crippen LogP contribution is 2.35. The highest BCUT2D eigenvalue weighted by atomic mass is 79.9. The fourth-order valence-corrected chi connectivity index (χ4v) is 2.48. The summed E-state index contributed by atoms with van der Waals surface area (Å²) in [5, 5.41) is 0. The van der Waals surface area contributed by atoms with Crippen LogP contribution in [-0.4, -0.2) is 22.2 Å². The standard InChI is InChI=1S/C9H10BrNO2/c10-5-11-8(12)6-3-1-2-4-7(6)9(11)13/h1-2,6-7H,3-5H2/t6-,7+. The van der Waals surface area contributed by atoms with Crippen LogP contribution in [0.2, 0.25) is 0 Å². The van der Waals surface area contributed by atoms with E-state index in [1.165, 1.54) is 4.90 Å². The van der Waals surface area contributed by atoms with Gasteiger partial charge in [0, 0.05) is 0 Å². The average molecular weight is 244 g/mol. The third-order valence-corrected chi connectivity index (χ3v) is 3.22. The van der Waals surface area contributed by atoms with E-state index in [9.17, 15) is 9.59 Å². The molecule has 1 saturated heterocycles. The molecule has 0 aromatic carbocycles. The van der Waals surface area contributed by atoms with Crippen molar-refractivity contribution in [1.29, 1.82) is 0 Å². The number of alkyl halides is 1. The summed E-state index contributed by atoms with van der Waals surface area (Å²) in [4.78, 5) is 24.6. The molecule has 0 spiro atoms. The normalized spacial score (nSPS) is 32.5. The van der Waals surface area contributed by atoms with Crippen LogP contribution in [0.4, 0.5) is 0 Å². The number of likely N-dealkylation sites (tertiary alicyclic amines) is 1. The molecule has 1 heterocycles. The van der Waals surface area contributed by atoms with Crippen LogP contribution in [0.5, 0.6) is 0 Å². The zero-order valence-corrected chi connectivity index (χ0v) is 8.66. The first-order valence-electron chi connectivity index (χ1n) is 4.32. The summed E-state index contributed by atoms with van der Waals surface area (Å²) in [5.74, 6) is -0.211. The van der Waals surface area contributed by atoms with Crippen LogP contribution < -0.4 is 0 Å². The highest BCUT2D eigenvalue weighted by molar-refractivity contribution is 9.09. The van der Waals surface area contributed by atoms with Gasteiger partial charge in [-0.1, -0.05) is 28.1 Å². The van der Waals surface area contributed by atoms with Crippen LogP contribution in [0, 0.1) is 11.8 Å². The maximum absolute atomic E-state index is 11.6. The van der Waals surface area contributed by atoms with Crippen molar-refractivity contribution in [3.05, 3.63) is 12.2 Å². The Balaban J connectivity index is 2.27. The van der Waals surface area contributed by atoms with Gasteiger partial charge in [0.05, 0.1) is 17.3 Å². The van der Waals surface area contributed by atoms with Crippen molar-refractivity contribution in [2.45, 2.75) is 12.8 Å². The lowest BCUT2D eigenvalue weighted by Gasteiger charge is -2.14. The van der Waals surface area contributed by atoms with E-state index in [2.05, 4.69) is 15.9 Å². The maximum atomic E-state index is 11.6. The van der Waals surface area contributed by atoms with Gasteiger partial charge in [-0.2, -0.15) is 0 Å². The Bertz CT molecular complexity index is 261. The molecule has 0 aromatic rings. The molecule has 0 radical (unpaired) electrons. The minimum Gasteiger partial charge on any atom is -0.274 e. The second-order valence-corrected chi connectivity index (χ2v) is 3.88. The van der Waals surface area contributed by atoms with Crippen LogP contribution in [0.15, 0.2) is 12.2 Å². The quantitative estimate of drug-likeness (QED) is 0.301. The minimum atomic E-state index is -0.0879. The number of amides is 2. The predicted octanol–water partition coefficient (Wildman–Crippen LogP) is 1.29. The number of carbonyl (C=O) groups is 2. The van der Waals surface area contributed by atoms with Gasteiger partial charge in [0.1, 0.15) is 0 Å². The van der Waals surface area contributed by atoms with E-state index in [0.29, 0.717) is 5.45 Å². The summed E-state index contributed by atoms with van der Waals surface area (Å²) in [5.41, 5.74) is 0.331. The van der Waals surface area contributed by atoms with Gasteiger partial charge < -0.3 is 0 Å². The first-order valence-corrected chi connectivity index (χ1v) is 5.44. The summed E-state index contributed by atoms with van der Waals surface area (Å²) < 4.78 is 0. The summed E-state index contributed by atoms with van der Waals surface area (Å²) in [7, 11) is 0. The van der Waals surface area contributed by atoms with Crippen LogP contribution in [-0.2, 0) is 9.59 Å². The number of carbonyl (C=O) groups excluding carboxylic acids is 2. The van der Waals surface area contributed by atoms with Crippen molar-refractivity contribution in [2.24, 2.45) is 11.8 Å². The second-order valence-electron chi connectivity index (χ2n) is 3.38. The lowest BCUT2D eigenvalue weighted by molar-refractivity contribution is -0.138. The number of hydrogen-bond acceptors (Lipinski definition) is 2. The molecular weight excluding hydrogens is 234 g/mol. The van der Waals surface area contributed by atoms with Gasteiger partial charge in [-0.05, 0) is 12.8 Å². The van der Waals surface area contributed by atoms with Gasteiger partial charge in [0.15, 0.2) is 0 Å². The molecule has 1 aliphatic heterocycles. The van der Waals surface area contributed by atoms with Gasteiger partial charge >= 0.3 is 0 Å². The number of fused-ring (bicyclic) bond motifs is 1. The van der Waals surface area contributed by atoms with Crippen molar-refractivity contribution in [2.75, 3.05) is 5.45 Å². The van der Waals surface area contributed by atoms with Gasteiger partial charge in [0.2, 0.25) is 11.8 Å². The van der Waals surface area contributed by atoms with E-state index in [0.717, 1.165) is 12.8 Å². The fraction of sp³-hybridized carbons (Fsp3) is 0.556. The van der Waals surface area contributed by atoms with E-state index in [4.69, 9.17) is 0 Å². The van der Waals surface area contributed by atoms with E-state index in [-0.39, 0.29) is 23.7 Å². The topological polar surface area (TPSA) is 37.4 Å². The van der Waals surface area contributed by atoms with Crippen molar-refractivity contribution in [1.82, 2.24) is 4.90 Å². The number of hydrogen-bond donors (Lipinski definition) is 0. The summed E-state index contributed by atoms with van der Waals surface area (Å²) in [6, 6.07) is 0. The Labute approximate surface area is 84.9 Å². The van der Waals surface area contributed by atoms with Crippen LogP contribution in [0.1, 0.15) is 12.8 Å². The summed E-state index contributed by atoms with van der Waals surface area (Å²) >= 11 is 3.15. The molecule has 0 aromatic heterocycles. The van der Waals surface area contributed by atoms with Crippen molar-refractivity contribution < 1.29 is 9.59 Å². The second kappa shape index (κ2) is 3.25.